The highest BCUT2D eigenvalue weighted by molar-refractivity contribution is 5.67. The molecular weight excluding hydrogens is 210 g/mol. The molecule has 0 aromatic heterocycles. The van der Waals surface area contributed by atoms with E-state index in [1.807, 2.05) is 12.1 Å². The largest absolute Gasteiger partial charge is 0.493 e. The van der Waals surface area contributed by atoms with Crippen molar-refractivity contribution in [1.29, 1.82) is 0 Å². The van der Waals surface area contributed by atoms with Gasteiger partial charge >= 0.3 is 0 Å². The summed E-state index contributed by atoms with van der Waals surface area (Å²) in [7, 11) is 0. The van der Waals surface area contributed by atoms with Gasteiger partial charge in [-0.3, -0.25) is 0 Å². The van der Waals surface area contributed by atoms with Crippen LogP contribution in [0.25, 0.3) is 5.57 Å². The predicted molar refractivity (Wildman–Crippen MR) is 70.9 cm³/mol. The summed E-state index contributed by atoms with van der Waals surface area (Å²) >= 11 is 0. The second-order valence-corrected chi connectivity index (χ2v) is 4.01. The van der Waals surface area contributed by atoms with Crippen LogP contribution < -0.4 is 10.1 Å². The lowest BCUT2D eigenvalue weighted by Crippen LogP contribution is -2.19. The van der Waals surface area contributed by atoms with Crippen molar-refractivity contribution in [2.75, 3.05) is 19.7 Å². The Morgan fingerprint density at radius 3 is 2.76 bits per heavy atom. The van der Waals surface area contributed by atoms with Gasteiger partial charge in [0.05, 0.1) is 6.61 Å². The summed E-state index contributed by atoms with van der Waals surface area (Å²) in [4.78, 5) is 0. The second-order valence-electron chi connectivity index (χ2n) is 4.01. The van der Waals surface area contributed by atoms with Crippen LogP contribution in [0, 0.1) is 12.3 Å². The van der Waals surface area contributed by atoms with Gasteiger partial charge in [-0.05, 0) is 36.2 Å². The van der Waals surface area contributed by atoms with Gasteiger partial charge in [-0.25, -0.2) is 0 Å². The van der Waals surface area contributed by atoms with Gasteiger partial charge in [0.1, 0.15) is 5.75 Å². The minimum absolute atomic E-state index is 0.586. The third-order valence-electron chi connectivity index (χ3n) is 2.80. The molecule has 2 nitrogen and oxygen atoms in total. The van der Waals surface area contributed by atoms with Crippen molar-refractivity contribution in [3.05, 3.63) is 35.9 Å². The van der Waals surface area contributed by atoms with Crippen LogP contribution in [0.15, 0.2) is 30.3 Å². The summed E-state index contributed by atoms with van der Waals surface area (Å²) in [5.74, 6) is 3.45. The zero-order chi connectivity index (χ0) is 11.9. The molecular formula is C15H17NO. The van der Waals surface area contributed by atoms with Crippen LogP contribution in [-0.4, -0.2) is 19.7 Å². The van der Waals surface area contributed by atoms with Crippen LogP contribution in [0.4, 0.5) is 0 Å². The third kappa shape index (κ3) is 3.37. The Labute approximate surface area is 103 Å². The van der Waals surface area contributed by atoms with Crippen LogP contribution in [0.5, 0.6) is 5.75 Å². The molecule has 0 atom stereocenters. The Morgan fingerprint density at radius 1 is 1.29 bits per heavy atom. The summed E-state index contributed by atoms with van der Waals surface area (Å²) in [6.07, 6.45) is 9.16. The topological polar surface area (TPSA) is 21.3 Å². The molecule has 0 amide bonds. The molecule has 2 rings (SSSR count). The average Bonchev–Trinajstić information content (AvgIpc) is 2.41. The van der Waals surface area contributed by atoms with E-state index in [1.165, 1.54) is 11.1 Å². The Hall–Kier alpha value is -1.72. The number of benzene rings is 1. The van der Waals surface area contributed by atoms with E-state index in [1.54, 1.807) is 0 Å². The van der Waals surface area contributed by atoms with Gasteiger partial charge in [-0.2, -0.15) is 0 Å². The maximum absolute atomic E-state index is 5.51. The molecule has 2 heteroatoms. The number of terminal acetylenes is 1. The molecule has 1 aliphatic heterocycles. The minimum atomic E-state index is 0.586. The zero-order valence-corrected chi connectivity index (χ0v) is 9.91. The van der Waals surface area contributed by atoms with Crippen molar-refractivity contribution >= 4 is 5.57 Å². The number of rotatable bonds is 4. The van der Waals surface area contributed by atoms with Crippen LogP contribution in [0.3, 0.4) is 0 Å². The molecule has 0 saturated heterocycles. The standard InChI is InChI=1S/C15H17NO/c1-2-3-12-17-15-6-4-13(5-7-15)14-8-10-16-11-9-14/h1,4-8,16H,3,9-12H2. The first kappa shape index (κ1) is 11.8. The summed E-state index contributed by atoms with van der Waals surface area (Å²) in [6, 6.07) is 8.24. The van der Waals surface area contributed by atoms with E-state index in [4.69, 9.17) is 11.2 Å². The van der Waals surface area contributed by atoms with E-state index in [2.05, 4.69) is 29.4 Å². The Morgan fingerprint density at radius 2 is 2.12 bits per heavy atom. The average molecular weight is 227 g/mol. The highest BCUT2D eigenvalue weighted by Gasteiger charge is 2.05. The fourth-order valence-electron chi connectivity index (χ4n) is 1.88. The number of nitrogens with one attached hydrogen (secondary N) is 1. The maximum Gasteiger partial charge on any atom is 0.119 e. The quantitative estimate of drug-likeness (QED) is 0.630. The Balaban J connectivity index is 1.98. The zero-order valence-electron chi connectivity index (χ0n) is 9.91. The van der Waals surface area contributed by atoms with E-state index in [9.17, 15) is 0 Å². The van der Waals surface area contributed by atoms with Crippen molar-refractivity contribution in [1.82, 2.24) is 5.32 Å². The lowest BCUT2D eigenvalue weighted by atomic mass is 10.0. The summed E-state index contributed by atoms with van der Waals surface area (Å²) in [5.41, 5.74) is 2.70. The highest BCUT2D eigenvalue weighted by Crippen LogP contribution is 2.22. The lowest BCUT2D eigenvalue weighted by molar-refractivity contribution is 0.327. The van der Waals surface area contributed by atoms with Gasteiger partial charge < -0.3 is 10.1 Å². The Kier molecular flexibility index (Phi) is 4.23. The van der Waals surface area contributed by atoms with E-state index in [-0.39, 0.29) is 0 Å². The lowest BCUT2D eigenvalue weighted by Gasteiger charge is -2.14. The van der Waals surface area contributed by atoms with Crippen LogP contribution in [-0.2, 0) is 0 Å². The third-order valence-corrected chi connectivity index (χ3v) is 2.80. The first-order valence-electron chi connectivity index (χ1n) is 5.96. The van der Waals surface area contributed by atoms with Crippen molar-refractivity contribution in [3.8, 4) is 18.1 Å². The van der Waals surface area contributed by atoms with E-state index in [0.717, 1.165) is 25.3 Å². The van der Waals surface area contributed by atoms with Crippen molar-refractivity contribution in [3.63, 3.8) is 0 Å². The van der Waals surface area contributed by atoms with Gasteiger partial charge in [0.25, 0.3) is 0 Å². The molecule has 88 valence electrons. The van der Waals surface area contributed by atoms with Gasteiger partial charge in [0, 0.05) is 13.0 Å². The minimum Gasteiger partial charge on any atom is -0.493 e. The fraction of sp³-hybridized carbons (Fsp3) is 0.333. The first-order chi connectivity index (χ1) is 8.40. The molecule has 0 fully saturated rings. The van der Waals surface area contributed by atoms with Gasteiger partial charge in [-0.15, -0.1) is 12.3 Å². The molecule has 1 N–H and O–H groups in total. The maximum atomic E-state index is 5.51. The fourth-order valence-corrected chi connectivity index (χ4v) is 1.88. The van der Waals surface area contributed by atoms with Gasteiger partial charge in [0.2, 0.25) is 0 Å². The van der Waals surface area contributed by atoms with Crippen molar-refractivity contribution in [2.24, 2.45) is 0 Å². The molecule has 0 unspecified atom stereocenters. The molecule has 0 spiro atoms. The molecule has 1 aromatic rings. The van der Waals surface area contributed by atoms with E-state index >= 15 is 0 Å². The Bertz CT molecular complexity index is 425. The van der Waals surface area contributed by atoms with Crippen molar-refractivity contribution in [2.45, 2.75) is 12.8 Å². The highest BCUT2D eigenvalue weighted by atomic mass is 16.5. The van der Waals surface area contributed by atoms with Gasteiger partial charge in [0.15, 0.2) is 0 Å². The normalized spacial score (nSPS) is 14.9. The number of hydrogen-bond acceptors (Lipinski definition) is 2. The first-order valence-corrected chi connectivity index (χ1v) is 5.96. The summed E-state index contributed by atoms with van der Waals surface area (Å²) in [6.45, 7) is 2.62. The molecule has 0 aliphatic carbocycles. The summed E-state index contributed by atoms with van der Waals surface area (Å²) in [5, 5.41) is 3.31. The molecule has 0 saturated carbocycles. The monoisotopic (exact) mass is 227 g/mol. The van der Waals surface area contributed by atoms with Crippen LogP contribution in [0.2, 0.25) is 0 Å². The van der Waals surface area contributed by atoms with Gasteiger partial charge in [-0.1, -0.05) is 18.2 Å². The molecule has 1 aliphatic rings. The number of ether oxygens (including phenoxy) is 1. The molecule has 1 aromatic carbocycles. The predicted octanol–water partition coefficient (Wildman–Crippen LogP) is 2.47. The van der Waals surface area contributed by atoms with Crippen LogP contribution in [0.1, 0.15) is 18.4 Å². The van der Waals surface area contributed by atoms with Crippen LogP contribution >= 0.6 is 0 Å². The molecule has 0 bridgehead atoms. The molecule has 17 heavy (non-hydrogen) atoms. The van der Waals surface area contributed by atoms with Crippen molar-refractivity contribution < 1.29 is 4.74 Å². The summed E-state index contributed by atoms with van der Waals surface area (Å²) < 4.78 is 5.51. The second kappa shape index (κ2) is 6.12. The molecule has 0 radical (unpaired) electrons. The number of hydrogen-bond donors (Lipinski definition) is 1. The SMILES string of the molecule is C#CCCOc1ccc(C2=CCNCC2)cc1. The van der Waals surface area contributed by atoms with E-state index in [0.29, 0.717) is 13.0 Å². The smallest absolute Gasteiger partial charge is 0.119 e. The molecule has 1 heterocycles. The van der Waals surface area contributed by atoms with E-state index < -0.39 is 0 Å².